The minimum Gasteiger partial charge on any atom is -0.384 e. The zero-order valence-corrected chi connectivity index (χ0v) is 5.66. The van der Waals surface area contributed by atoms with Crippen LogP contribution >= 0.6 is 0 Å². The van der Waals surface area contributed by atoms with E-state index in [1.165, 1.54) is 6.20 Å². The van der Waals surface area contributed by atoms with E-state index in [1.807, 2.05) is 0 Å². The highest BCUT2D eigenvalue weighted by Crippen LogP contribution is 2.05. The van der Waals surface area contributed by atoms with Crippen molar-refractivity contribution in [1.82, 2.24) is 10.7 Å². The van der Waals surface area contributed by atoms with Gasteiger partial charge in [0.05, 0.1) is 11.9 Å². The monoisotopic (exact) mass is 151 g/mol. The lowest BCUT2D eigenvalue weighted by Gasteiger charge is -1.98. The maximum Gasteiger partial charge on any atom is 0.338 e. The fourth-order valence-corrected chi connectivity index (χ4v) is 0.610. The van der Waals surface area contributed by atoms with Crippen LogP contribution in [0.25, 0.3) is 0 Å². The molecule has 5 heteroatoms. The van der Waals surface area contributed by atoms with Gasteiger partial charge in [-0.2, -0.15) is 0 Å². The number of urea groups is 1. The van der Waals surface area contributed by atoms with Gasteiger partial charge in [-0.15, -0.1) is 0 Å². The summed E-state index contributed by atoms with van der Waals surface area (Å²) in [7, 11) is 0. The van der Waals surface area contributed by atoms with Gasteiger partial charge in [0.15, 0.2) is 0 Å². The molecule has 0 unspecified atom stereocenters. The molecule has 5 nitrogen and oxygen atoms in total. The van der Waals surface area contributed by atoms with Crippen molar-refractivity contribution in [2.75, 3.05) is 11.1 Å². The second-order valence-electron chi connectivity index (χ2n) is 1.93. The summed E-state index contributed by atoms with van der Waals surface area (Å²) in [4.78, 5) is 13.9. The fraction of sp³-hybridized carbons (Fsp3) is 0. The number of hydrogen-bond acceptors (Lipinski definition) is 3. The Labute approximate surface area is 63.4 Å². The SMILES string of the molecule is [NH]C(=O)Nc1ccc(N)nc1. The third-order valence-electron chi connectivity index (χ3n) is 1.04. The van der Waals surface area contributed by atoms with E-state index in [0.29, 0.717) is 11.5 Å². The topological polar surface area (TPSA) is 91.8 Å². The molecule has 0 spiro atoms. The smallest absolute Gasteiger partial charge is 0.338 e. The van der Waals surface area contributed by atoms with Crippen molar-refractivity contribution in [2.24, 2.45) is 0 Å². The third-order valence-corrected chi connectivity index (χ3v) is 1.04. The van der Waals surface area contributed by atoms with E-state index in [0.717, 1.165) is 0 Å². The maximum atomic E-state index is 10.2. The van der Waals surface area contributed by atoms with E-state index < -0.39 is 6.03 Å². The molecule has 0 aliphatic heterocycles. The lowest BCUT2D eigenvalue weighted by atomic mass is 10.4. The number of nitrogens with two attached hydrogens (primary N) is 1. The molecule has 0 saturated carbocycles. The highest BCUT2D eigenvalue weighted by atomic mass is 16.2. The van der Waals surface area contributed by atoms with Crippen molar-refractivity contribution in [3.05, 3.63) is 18.3 Å². The molecule has 0 aliphatic rings. The number of carbonyl (C=O) groups excluding carboxylic acids is 1. The van der Waals surface area contributed by atoms with E-state index in [9.17, 15) is 4.79 Å². The summed E-state index contributed by atoms with van der Waals surface area (Å²) in [5.74, 6) is 0.382. The Bertz CT molecular complexity index is 256. The highest BCUT2D eigenvalue weighted by Gasteiger charge is 1.94. The molecule has 0 fully saturated rings. The van der Waals surface area contributed by atoms with Crippen LogP contribution in [0.15, 0.2) is 18.3 Å². The van der Waals surface area contributed by atoms with Crippen LogP contribution in [0.2, 0.25) is 0 Å². The van der Waals surface area contributed by atoms with Gasteiger partial charge in [-0.25, -0.2) is 15.5 Å². The number of anilines is 2. The van der Waals surface area contributed by atoms with Gasteiger partial charge >= 0.3 is 6.03 Å². The van der Waals surface area contributed by atoms with E-state index in [4.69, 9.17) is 11.5 Å². The zero-order valence-electron chi connectivity index (χ0n) is 5.66. The first-order valence-electron chi connectivity index (χ1n) is 2.92. The van der Waals surface area contributed by atoms with Crippen molar-refractivity contribution in [3.8, 4) is 0 Å². The van der Waals surface area contributed by atoms with Crippen LogP contribution < -0.4 is 16.8 Å². The number of amides is 2. The molecule has 0 aliphatic carbocycles. The normalized spacial score (nSPS) is 9.09. The third kappa shape index (κ3) is 2.13. The van der Waals surface area contributed by atoms with Crippen molar-refractivity contribution in [1.29, 1.82) is 0 Å². The molecule has 11 heavy (non-hydrogen) atoms. The molecule has 1 rings (SSSR count). The van der Waals surface area contributed by atoms with E-state index >= 15 is 0 Å². The predicted molar refractivity (Wildman–Crippen MR) is 40.8 cm³/mol. The summed E-state index contributed by atoms with van der Waals surface area (Å²) in [5, 5.41) is 2.24. The summed E-state index contributed by atoms with van der Waals surface area (Å²) in [5.41, 5.74) is 12.3. The number of nitrogens with one attached hydrogen (secondary N) is 2. The van der Waals surface area contributed by atoms with Crippen LogP contribution in [0.1, 0.15) is 0 Å². The van der Waals surface area contributed by atoms with Crippen LogP contribution in [0.4, 0.5) is 16.3 Å². The number of nitrogens with zero attached hydrogens (tertiary/aromatic N) is 1. The molecule has 1 aromatic rings. The fourth-order valence-electron chi connectivity index (χ4n) is 0.610. The Morgan fingerprint density at radius 1 is 1.64 bits per heavy atom. The lowest BCUT2D eigenvalue weighted by Crippen LogP contribution is -2.09. The van der Waals surface area contributed by atoms with Crippen LogP contribution in [0.5, 0.6) is 0 Å². The standard InChI is InChI=1S/C6H7N4O/c7-5-2-1-4(3-9-5)10-6(8)11/h1-3,8H,(H2,7,9)(H,10,11). The Morgan fingerprint density at radius 2 is 2.36 bits per heavy atom. The second-order valence-corrected chi connectivity index (χ2v) is 1.93. The molecular weight excluding hydrogens is 144 g/mol. The zero-order chi connectivity index (χ0) is 8.27. The van der Waals surface area contributed by atoms with Gasteiger partial charge < -0.3 is 11.1 Å². The van der Waals surface area contributed by atoms with Gasteiger partial charge in [-0.3, -0.25) is 0 Å². The average Bonchev–Trinajstić information content (AvgIpc) is 1.93. The van der Waals surface area contributed by atoms with Crippen molar-refractivity contribution >= 4 is 17.5 Å². The first-order valence-corrected chi connectivity index (χ1v) is 2.92. The van der Waals surface area contributed by atoms with Gasteiger partial charge in [0.25, 0.3) is 0 Å². The van der Waals surface area contributed by atoms with Crippen LogP contribution in [-0.4, -0.2) is 11.0 Å². The molecule has 1 heterocycles. The second kappa shape index (κ2) is 2.87. The molecule has 0 bridgehead atoms. The number of aromatic nitrogens is 1. The molecule has 0 saturated heterocycles. The number of rotatable bonds is 1. The van der Waals surface area contributed by atoms with Crippen LogP contribution in [-0.2, 0) is 0 Å². The quantitative estimate of drug-likeness (QED) is 0.611. The minimum absolute atomic E-state index is 0.382. The molecule has 2 amide bonds. The summed E-state index contributed by atoms with van der Waals surface area (Å²) in [6.45, 7) is 0. The molecular formula is C6H7N4O. The first kappa shape index (κ1) is 7.33. The van der Waals surface area contributed by atoms with Crippen LogP contribution in [0, 0.1) is 0 Å². The summed E-state index contributed by atoms with van der Waals surface area (Å²) < 4.78 is 0. The molecule has 57 valence electrons. The Balaban J connectivity index is 2.74. The molecule has 4 N–H and O–H groups in total. The molecule has 1 aromatic heterocycles. The van der Waals surface area contributed by atoms with E-state index in [-0.39, 0.29) is 0 Å². The molecule has 0 atom stereocenters. The maximum absolute atomic E-state index is 10.2. The van der Waals surface area contributed by atoms with E-state index in [2.05, 4.69) is 10.3 Å². The van der Waals surface area contributed by atoms with Crippen molar-refractivity contribution in [2.45, 2.75) is 0 Å². The number of nitrogen functional groups attached to an aromatic ring is 1. The molecule has 1 radical (unpaired) electrons. The van der Waals surface area contributed by atoms with Crippen molar-refractivity contribution < 1.29 is 4.79 Å². The van der Waals surface area contributed by atoms with Gasteiger partial charge in [0.2, 0.25) is 0 Å². The molecule has 0 aromatic carbocycles. The number of hydrogen-bond donors (Lipinski definition) is 2. The highest BCUT2D eigenvalue weighted by molar-refractivity contribution is 5.86. The Kier molecular flexibility index (Phi) is 1.91. The predicted octanol–water partition coefficient (Wildman–Crippen LogP) is 0.479. The van der Waals surface area contributed by atoms with E-state index in [1.54, 1.807) is 12.1 Å². The summed E-state index contributed by atoms with van der Waals surface area (Å²) in [6, 6.07) is 2.26. The minimum atomic E-state index is -0.864. The van der Waals surface area contributed by atoms with Gasteiger partial charge in [-0.1, -0.05) is 0 Å². The largest absolute Gasteiger partial charge is 0.384 e. The van der Waals surface area contributed by atoms with Gasteiger partial charge in [0, 0.05) is 0 Å². The number of pyridine rings is 1. The summed E-state index contributed by atoms with van der Waals surface area (Å²) >= 11 is 0. The summed E-state index contributed by atoms with van der Waals surface area (Å²) in [6.07, 6.45) is 1.39. The number of carbonyl (C=O) groups is 1. The van der Waals surface area contributed by atoms with Crippen LogP contribution in [0.3, 0.4) is 0 Å². The van der Waals surface area contributed by atoms with Gasteiger partial charge in [0.1, 0.15) is 5.82 Å². The Hall–Kier alpha value is -1.78. The van der Waals surface area contributed by atoms with Crippen molar-refractivity contribution in [3.63, 3.8) is 0 Å². The first-order chi connectivity index (χ1) is 5.18. The van der Waals surface area contributed by atoms with Gasteiger partial charge in [-0.05, 0) is 12.1 Å². The lowest BCUT2D eigenvalue weighted by molar-refractivity contribution is 0.258. The Morgan fingerprint density at radius 3 is 2.82 bits per heavy atom. The average molecular weight is 151 g/mol.